The van der Waals surface area contributed by atoms with Crippen LogP contribution < -0.4 is 10.1 Å². The molecule has 0 aliphatic heterocycles. The molecule has 0 saturated heterocycles. The lowest BCUT2D eigenvalue weighted by molar-refractivity contribution is -0.142. The van der Waals surface area contributed by atoms with E-state index in [4.69, 9.17) is 4.74 Å². The quantitative estimate of drug-likeness (QED) is 0.721. The molecular formula is C23H30N2O3. The topological polar surface area (TPSA) is 58.6 Å². The number of nitrogens with one attached hydrogen (secondary N) is 1. The van der Waals surface area contributed by atoms with Crippen molar-refractivity contribution in [1.82, 2.24) is 10.2 Å². The van der Waals surface area contributed by atoms with E-state index in [1.54, 1.807) is 11.8 Å². The Kier molecular flexibility index (Phi) is 8.05. The van der Waals surface area contributed by atoms with Crippen LogP contribution in [0.25, 0.3) is 0 Å². The molecule has 0 aliphatic rings. The van der Waals surface area contributed by atoms with Gasteiger partial charge >= 0.3 is 0 Å². The second-order valence-corrected chi connectivity index (χ2v) is 7.13. The van der Waals surface area contributed by atoms with Crippen molar-refractivity contribution in [3.05, 3.63) is 65.7 Å². The molecule has 0 aliphatic carbocycles. The van der Waals surface area contributed by atoms with Crippen molar-refractivity contribution in [2.75, 3.05) is 6.61 Å². The zero-order chi connectivity index (χ0) is 20.5. The van der Waals surface area contributed by atoms with Crippen LogP contribution in [-0.4, -0.2) is 35.4 Å². The molecule has 0 bridgehead atoms. The number of carbonyl (C=O) groups is 2. The first-order valence-corrected chi connectivity index (χ1v) is 9.76. The molecule has 0 heterocycles. The van der Waals surface area contributed by atoms with Gasteiger partial charge in [0, 0.05) is 12.6 Å². The summed E-state index contributed by atoms with van der Waals surface area (Å²) in [6, 6.07) is 16.8. The largest absolute Gasteiger partial charge is 0.484 e. The van der Waals surface area contributed by atoms with E-state index in [0.717, 1.165) is 12.0 Å². The van der Waals surface area contributed by atoms with Gasteiger partial charge in [0.25, 0.3) is 5.91 Å². The highest BCUT2D eigenvalue weighted by atomic mass is 16.5. The highest BCUT2D eigenvalue weighted by molar-refractivity contribution is 5.88. The van der Waals surface area contributed by atoms with E-state index in [2.05, 4.69) is 12.2 Å². The van der Waals surface area contributed by atoms with Crippen LogP contribution in [0.1, 0.15) is 38.8 Å². The third kappa shape index (κ3) is 6.41. The summed E-state index contributed by atoms with van der Waals surface area (Å²) >= 11 is 0. The van der Waals surface area contributed by atoms with Crippen LogP contribution in [0.2, 0.25) is 0 Å². The SMILES string of the molecule is CCc1ccc(OCC(=O)N(Cc2ccccc2)[C@H](C)C(=O)NC(C)C)cc1. The molecule has 2 aromatic carbocycles. The van der Waals surface area contributed by atoms with Gasteiger partial charge in [-0.25, -0.2) is 0 Å². The summed E-state index contributed by atoms with van der Waals surface area (Å²) in [4.78, 5) is 26.9. The zero-order valence-corrected chi connectivity index (χ0v) is 17.1. The van der Waals surface area contributed by atoms with Crippen LogP contribution >= 0.6 is 0 Å². The van der Waals surface area contributed by atoms with E-state index in [1.165, 1.54) is 5.56 Å². The van der Waals surface area contributed by atoms with Crippen molar-refractivity contribution < 1.29 is 14.3 Å². The predicted molar refractivity (Wildman–Crippen MR) is 111 cm³/mol. The minimum Gasteiger partial charge on any atom is -0.484 e. The Morgan fingerprint density at radius 2 is 1.61 bits per heavy atom. The molecule has 28 heavy (non-hydrogen) atoms. The molecule has 1 N–H and O–H groups in total. The van der Waals surface area contributed by atoms with Gasteiger partial charge in [-0.15, -0.1) is 0 Å². The van der Waals surface area contributed by atoms with Gasteiger partial charge in [0.1, 0.15) is 11.8 Å². The first-order valence-electron chi connectivity index (χ1n) is 9.76. The molecule has 0 spiro atoms. The highest BCUT2D eigenvalue weighted by Gasteiger charge is 2.26. The average molecular weight is 383 g/mol. The van der Waals surface area contributed by atoms with Crippen LogP contribution in [0.5, 0.6) is 5.75 Å². The third-order valence-corrected chi connectivity index (χ3v) is 4.49. The summed E-state index contributed by atoms with van der Waals surface area (Å²) in [5, 5.41) is 2.88. The van der Waals surface area contributed by atoms with Crippen LogP contribution in [0.15, 0.2) is 54.6 Å². The van der Waals surface area contributed by atoms with Crippen LogP contribution in [0.4, 0.5) is 0 Å². The van der Waals surface area contributed by atoms with E-state index in [-0.39, 0.29) is 24.5 Å². The van der Waals surface area contributed by atoms with Gasteiger partial charge in [-0.1, -0.05) is 49.4 Å². The minimum atomic E-state index is -0.596. The molecule has 0 aromatic heterocycles. The monoisotopic (exact) mass is 382 g/mol. The maximum Gasteiger partial charge on any atom is 0.261 e. The van der Waals surface area contributed by atoms with Crippen molar-refractivity contribution in [1.29, 1.82) is 0 Å². The number of aryl methyl sites for hydroxylation is 1. The lowest BCUT2D eigenvalue weighted by Gasteiger charge is -2.29. The Labute approximate surface area is 167 Å². The van der Waals surface area contributed by atoms with Crippen LogP contribution in [0, 0.1) is 0 Å². The maximum absolute atomic E-state index is 12.9. The van der Waals surface area contributed by atoms with Gasteiger partial charge in [0.2, 0.25) is 5.91 Å². The Morgan fingerprint density at radius 3 is 2.18 bits per heavy atom. The zero-order valence-electron chi connectivity index (χ0n) is 17.1. The fourth-order valence-corrected chi connectivity index (χ4v) is 2.82. The van der Waals surface area contributed by atoms with Gasteiger partial charge in [-0.05, 0) is 50.5 Å². The van der Waals surface area contributed by atoms with Crippen molar-refractivity contribution in [2.45, 2.75) is 52.7 Å². The number of carbonyl (C=O) groups excluding carboxylic acids is 2. The molecule has 2 aromatic rings. The summed E-state index contributed by atoms with van der Waals surface area (Å²) in [6.07, 6.45) is 0.951. The fraction of sp³-hybridized carbons (Fsp3) is 0.391. The third-order valence-electron chi connectivity index (χ3n) is 4.49. The molecule has 2 amide bonds. The Hall–Kier alpha value is -2.82. The summed E-state index contributed by atoms with van der Waals surface area (Å²) in [7, 11) is 0. The molecule has 0 fully saturated rings. The summed E-state index contributed by atoms with van der Waals surface area (Å²) in [5.41, 5.74) is 2.18. The maximum atomic E-state index is 12.9. The van der Waals surface area contributed by atoms with Gasteiger partial charge in [0.05, 0.1) is 0 Å². The van der Waals surface area contributed by atoms with E-state index >= 15 is 0 Å². The van der Waals surface area contributed by atoms with Gasteiger partial charge in [0.15, 0.2) is 6.61 Å². The van der Waals surface area contributed by atoms with E-state index in [9.17, 15) is 9.59 Å². The lowest BCUT2D eigenvalue weighted by Crippen LogP contribution is -2.50. The Balaban J connectivity index is 2.09. The molecule has 2 rings (SSSR count). The second-order valence-electron chi connectivity index (χ2n) is 7.13. The smallest absolute Gasteiger partial charge is 0.261 e. The number of hydrogen-bond donors (Lipinski definition) is 1. The average Bonchev–Trinajstić information content (AvgIpc) is 2.70. The van der Waals surface area contributed by atoms with E-state index in [0.29, 0.717) is 12.3 Å². The van der Waals surface area contributed by atoms with E-state index < -0.39 is 6.04 Å². The van der Waals surface area contributed by atoms with Crippen LogP contribution in [0.3, 0.4) is 0 Å². The first-order chi connectivity index (χ1) is 13.4. The molecular weight excluding hydrogens is 352 g/mol. The predicted octanol–water partition coefficient (Wildman–Crippen LogP) is 3.57. The normalized spacial score (nSPS) is 11.8. The number of rotatable bonds is 9. The molecule has 0 unspecified atom stereocenters. The first kappa shape index (κ1) is 21.5. The number of benzene rings is 2. The molecule has 1 atom stereocenters. The van der Waals surface area contributed by atoms with Crippen molar-refractivity contribution in [2.24, 2.45) is 0 Å². The Bertz CT molecular complexity index is 757. The highest BCUT2D eigenvalue weighted by Crippen LogP contribution is 2.14. The number of amides is 2. The minimum absolute atomic E-state index is 0.0111. The standard InChI is InChI=1S/C23H30N2O3/c1-5-19-11-13-21(14-12-19)28-16-22(26)25(15-20-9-7-6-8-10-20)18(4)23(27)24-17(2)3/h6-14,17-18H,5,15-16H2,1-4H3,(H,24,27)/t18-/m1/s1. The summed E-state index contributed by atoms with van der Waals surface area (Å²) in [5.74, 6) is 0.242. The fourth-order valence-electron chi connectivity index (χ4n) is 2.82. The molecule has 5 heteroatoms. The number of hydrogen-bond acceptors (Lipinski definition) is 3. The Morgan fingerprint density at radius 1 is 0.964 bits per heavy atom. The van der Waals surface area contributed by atoms with Gasteiger partial charge < -0.3 is 15.0 Å². The van der Waals surface area contributed by atoms with Gasteiger partial charge in [-0.2, -0.15) is 0 Å². The summed E-state index contributed by atoms with van der Waals surface area (Å²) < 4.78 is 5.67. The number of nitrogens with zero attached hydrogens (tertiary/aromatic N) is 1. The molecule has 0 radical (unpaired) electrons. The van der Waals surface area contributed by atoms with Crippen molar-refractivity contribution in [3.8, 4) is 5.75 Å². The second kappa shape index (κ2) is 10.5. The summed E-state index contributed by atoms with van der Waals surface area (Å²) in [6.45, 7) is 7.87. The molecule has 0 saturated carbocycles. The van der Waals surface area contributed by atoms with Gasteiger partial charge in [-0.3, -0.25) is 9.59 Å². The van der Waals surface area contributed by atoms with Crippen molar-refractivity contribution in [3.63, 3.8) is 0 Å². The molecule has 150 valence electrons. The lowest BCUT2D eigenvalue weighted by atomic mass is 10.1. The molecule has 5 nitrogen and oxygen atoms in total. The van der Waals surface area contributed by atoms with Crippen LogP contribution in [-0.2, 0) is 22.6 Å². The van der Waals surface area contributed by atoms with Crippen molar-refractivity contribution >= 4 is 11.8 Å². The number of ether oxygens (including phenoxy) is 1. The van der Waals surface area contributed by atoms with E-state index in [1.807, 2.05) is 68.4 Å².